The Morgan fingerprint density at radius 3 is 2.22 bits per heavy atom. The molecular weight excluding hydrogens is 236 g/mol. The first-order valence-corrected chi connectivity index (χ1v) is 6.77. The molecule has 6 atom stereocenters. The van der Waals surface area contributed by atoms with Gasteiger partial charge in [-0.2, -0.15) is 0 Å². The van der Waals surface area contributed by atoms with Crippen LogP contribution < -0.4 is 0 Å². The lowest BCUT2D eigenvalue weighted by Crippen LogP contribution is -2.45. The Hall–Kier alpha value is -0.200. The normalized spacial score (nSPS) is 46.0. The van der Waals surface area contributed by atoms with Gasteiger partial charge in [0, 0.05) is 20.0 Å². The minimum atomic E-state index is -0.372. The van der Waals surface area contributed by atoms with Crippen molar-refractivity contribution in [1.82, 2.24) is 0 Å². The van der Waals surface area contributed by atoms with Gasteiger partial charge in [-0.05, 0) is 26.7 Å². The molecular formula is C13H24O5. The Balaban J connectivity index is 1.79. The number of aliphatic hydroxyl groups is 1. The first-order chi connectivity index (χ1) is 8.60. The van der Waals surface area contributed by atoms with Crippen LogP contribution in [0.1, 0.15) is 39.5 Å². The molecule has 5 heteroatoms. The quantitative estimate of drug-likeness (QED) is 0.832. The maximum Gasteiger partial charge on any atom is 0.158 e. The first-order valence-electron chi connectivity index (χ1n) is 6.77. The van der Waals surface area contributed by atoms with Crippen LogP contribution in [0.2, 0.25) is 0 Å². The fourth-order valence-corrected chi connectivity index (χ4v) is 2.52. The van der Waals surface area contributed by atoms with E-state index in [0.29, 0.717) is 0 Å². The van der Waals surface area contributed by atoms with E-state index in [2.05, 4.69) is 0 Å². The number of hydrogen-bond donors (Lipinski definition) is 1. The summed E-state index contributed by atoms with van der Waals surface area (Å²) in [4.78, 5) is 0. The van der Waals surface area contributed by atoms with Gasteiger partial charge < -0.3 is 24.1 Å². The first kappa shape index (κ1) is 14.2. The zero-order valence-electron chi connectivity index (χ0n) is 11.4. The summed E-state index contributed by atoms with van der Waals surface area (Å²) in [6, 6.07) is 0. The molecule has 0 bridgehead atoms. The third-order valence-electron chi connectivity index (χ3n) is 3.77. The van der Waals surface area contributed by atoms with Gasteiger partial charge in [0.1, 0.15) is 0 Å². The molecule has 106 valence electrons. The van der Waals surface area contributed by atoms with Gasteiger partial charge in [0.05, 0.1) is 24.4 Å². The van der Waals surface area contributed by atoms with Gasteiger partial charge in [-0.1, -0.05) is 0 Å². The summed E-state index contributed by atoms with van der Waals surface area (Å²) in [6.45, 7) is 3.87. The zero-order chi connectivity index (χ0) is 13.1. The number of methoxy groups -OCH3 is 1. The van der Waals surface area contributed by atoms with Crippen LogP contribution in [0.15, 0.2) is 0 Å². The standard InChI is InChI=1S/C13H24O5/c1-8-10(14)4-6-13(16-8)18-11-5-7-12(15-3)17-9(11)2/h8-14H,4-7H2,1-3H3. The van der Waals surface area contributed by atoms with Crippen molar-refractivity contribution < 1.29 is 24.1 Å². The van der Waals surface area contributed by atoms with Crippen LogP contribution in [0, 0.1) is 0 Å². The number of ether oxygens (including phenoxy) is 4. The highest BCUT2D eigenvalue weighted by Crippen LogP contribution is 2.27. The van der Waals surface area contributed by atoms with Crippen LogP contribution in [-0.2, 0) is 18.9 Å². The van der Waals surface area contributed by atoms with Gasteiger partial charge in [-0.3, -0.25) is 0 Å². The predicted molar refractivity (Wildman–Crippen MR) is 65.0 cm³/mol. The van der Waals surface area contributed by atoms with Crippen molar-refractivity contribution in [2.45, 2.75) is 76.5 Å². The Bertz CT molecular complexity index is 260. The molecule has 2 fully saturated rings. The average Bonchev–Trinajstić information content (AvgIpc) is 2.36. The molecule has 2 aliphatic rings. The molecule has 0 radical (unpaired) electrons. The molecule has 0 aromatic heterocycles. The fraction of sp³-hybridized carbons (Fsp3) is 1.00. The second kappa shape index (κ2) is 6.30. The van der Waals surface area contributed by atoms with Gasteiger partial charge >= 0.3 is 0 Å². The van der Waals surface area contributed by atoms with E-state index < -0.39 is 0 Å². The Morgan fingerprint density at radius 1 is 0.944 bits per heavy atom. The smallest absolute Gasteiger partial charge is 0.158 e. The van der Waals surface area contributed by atoms with E-state index in [4.69, 9.17) is 18.9 Å². The molecule has 0 aliphatic carbocycles. The highest BCUT2D eigenvalue weighted by atomic mass is 16.7. The summed E-state index contributed by atoms with van der Waals surface area (Å²) in [7, 11) is 1.66. The molecule has 6 unspecified atom stereocenters. The summed E-state index contributed by atoms with van der Waals surface area (Å²) in [5.74, 6) is 0. The maximum absolute atomic E-state index is 9.60. The highest BCUT2D eigenvalue weighted by molar-refractivity contribution is 4.77. The number of rotatable bonds is 3. The van der Waals surface area contributed by atoms with Gasteiger partial charge in [0.2, 0.25) is 0 Å². The molecule has 0 saturated carbocycles. The molecule has 1 N–H and O–H groups in total. The predicted octanol–water partition coefficient (Wildman–Crippen LogP) is 1.43. The molecule has 0 spiro atoms. The van der Waals surface area contributed by atoms with Crippen LogP contribution in [0.5, 0.6) is 0 Å². The minimum absolute atomic E-state index is 0.00876. The topological polar surface area (TPSA) is 57.2 Å². The molecule has 5 nitrogen and oxygen atoms in total. The summed E-state index contributed by atoms with van der Waals surface area (Å²) in [5.41, 5.74) is 0. The SMILES string of the molecule is COC1CCC(OC2CCC(O)C(C)O2)C(C)O1. The molecule has 2 rings (SSSR count). The molecule has 0 amide bonds. The number of aliphatic hydroxyl groups excluding tert-OH is 1. The highest BCUT2D eigenvalue weighted by Gasteiger charge is 2.34. The minimum Gasteiger partial charge on any atom is -0.390 e. The number of hydrogen-bond acceptors (Lipinski definition) is 5. The van der Waals surface area contributed by atoms with Crippen molar-refractivity contribution in [1.29, 1.82) is 0 Å². The molecule has 2 saturated heterocycles. The molecule has 2 aliphatic heterocycles. The van der Waals surface area contributed by atoms with Crippen LogP contribution >= 0.6 is 0 Å². The van der Waals surface area contributed by atoms with Crippen LogP contribution in [-0.4, -0.2) is 49.2 Å². The van der Waals surface area contributed by atoms with Crippen molar-refractivity contribution in [3.8, 4) is 0 Å². The maximum atomic E-state index is 9.60. The van der Waals surface area contributed by atoms with Gasteiger partial charge in [0.25, 0.3) is 0 Å². The van der Waals surface area contributed by atoms with E-state index in [1.54, 1.807) is 7.11 Å². The average molecular weight is 260 g/mol. The van der Waals surface area contributed by atoms with Gasteiger partial charge in [-0.25, -0.2) is 0 Å². The second-order valence-corrected chi connectivity index (χ2v) is 5.17. The van der Waals surface area contributed by atoms with Crippen LogP contribution in [0.3, 0.4) is 0 Å². The Kier molecular flexibility index (Phi) is 4.98. The lowest BCUT2D eigenvalue weighted by atomic mass is 10.0. The van der Waals surface area contributed by atoms with E-state index in [1.165, 1.54) is 0 Å². The van der Waals surface area contributed by atoms with E-state index in [0.717, 1.165) is 25.7 Å². The summed E-state index contributed by atoms with van der Waals surface area (Å²) >= 11 is 0. The summed E-state index contributed by atoms with van der Waals surface area (Å²) < 4.78 is 22.5. The Morgan fingerprint density at radius 2 is 1.61 bits per heavy atom. The molecule has 0 aromatic rings. The van der Waals surface area contributed by atoms with Crippen molar-refractivity contribution in [2.75, 3.05) is 7.11 Å². The molecule has 0 aromatic carbocycles. The third kappa shape index (κ3) is 3.42. The molecule has 18 heavy (non-hydrogen) atoms. The lowest BCUT2D eigenvalue weighted by molar-refractivity contribution is -0.278. The third-order valence-corrected chi connectivity index (χ3v) is 3.77. The molecule has 2 heterocycles. The monoisotopic (exact) mass is 260 g/mol. The second-order valence-electron chi connectivity index (χ2n) is 5.17. The Labute approximate surface area is 108 Å². The van der Waals surface area contributed by atoms with E-state index in [1.807, 2.05) is 13.8 Å². The lowest BCUT2D eigenvalue weighted by Gasteiger charge is -2.38. The van der Waals surface area contributed by atoms with E-state index >= 15 is 0 Å². The van der Waals surface area contributed by atoms with Gasteiger partial charge in [0.15, 0.2) is 12.6 Å². The van der Waals surface area contributed by atoms with Crippen LogP contribution in [0.4, 0.5) is 0 Å². The van der Waals surface area contributed by atoms with E-state index in [-0.39, 0.29) is 37.0 Å². The van der Waals surface area contributed by atoms with Crippen molar-refractivity contribution in [3.63, 3.8) is 0 Å². The summed E-state index contributed by atoms with van der Waals surface area (Å²) in [6.07, 6.45) is 2.41. The zero-order valence-corrected chi connectivity index (χ0v) is 11.4. The van der Waals surface area contributed by atoms with Crippen molar-refractivity contribution >= 4 is 0 Å². The fourth-order valence-electron chi connectivity index (χ4n) is 2.52. The van der Waals surface area contributed by atoms with Gasteiger partial charge in [-0.15, -0.1) is 0 Å². The van der Waals surface area contributed by atoms with Crippen molar-refractivity contribution in [3.05, 3.63) is 0 Å². The van der Waals surface area contributed by atoms with Crippen molar-refractivity contribution in [2.24, 2.45) is 0 Å². The van der Waals surface area contributed by atoms with Crippen LogP contribution in [0.25, 0.3) is 0 Å². The largest absolute Gasteiger partial charge is 0.390 e. The summed E-state index contributed by atoms with van der Waals surface area (Å²) in [5, 5.41) is 9.60. The van der Waals surface area contributed by atoms with E-state index in [9.17, 15) is 5.11 Å².